The molecule has 1 atom stereocenters. The summed E-state index contributed by atoms with van der Waals surface area (Å²) in [5, 5.41) is 1.16. The third kappa shape index (κ3) is 4.75. The Kier molecular flexibility index (Phi) is 6.30. The molecule has 8 heteroatoms. The second-order valence-corrected chi connectivity index (χ2v) is 8.32. The molecule has 160 valence electrons. The Morgan fingerprint density at radius 3 is 2.61 bits per heavy atom. The molecular weight excluding hydrogens is 435 g/mol. The van der Waals surface area contributed by atoms with Gasteiger partial charge in [-0.1, -0.05) is 35.3 Å². The topological polar surface area (TPSA) is 58.6 Å². The summed E-state index contributed by atoms with van der Waals surface area (Å²) in [5.41, 5.74) is 1.46. The van der Waals surface area contributed by atoms with Crippen LogP contribution in [0.25, 0.3) is 0 Å². The van der Waals surface area contributed by atoms with Crippen molar-refractivity contribution in [3.63, 3.8) is 0 Å². The molecule has 2 aromatic carbocycles. The minimum atomic E-state index is -0.0532. The Bertz CT molecular complexity index is 1110. The number of anilines is 1. The third-order valence-corrected chi connectivity index (χ3v) is 6.05. The Morgan fingerprint density at radius 2 is 1.87 bits per heavy atom. The van der Waals surface area contributed by atoms with Crippen LogP contribution >= 0.6 is 23.2 Å². The van der Waals surface area contributed by atoms with Crippen LogP contribution in [0.15, 0.2) is 54.9 Å². The number of carbonyl (C=O) groups excluding carboxylic acids is 1. The van der Waals surface area contributed by atoms with E-state index in [0.29, 0.717) is 46.9 Å². The van der Waals surface area contributed by atoms with Crippen molar-refractivity contribution in [2.75, 3.05) is 24.5 Å². The number of amides is 1. The number of hydrogen-bond acceptors (Lipinski definition) is 5. The Labute approximate surface area is 191 Å². The van der Waals surface area contributed by atoms with Gasteiger partial charge >= 0.3 is 0 Å². The Morgan fingerprint density at radius 1 is 1.06 bits per heavy atom. The fraction of sp³-hybridized carbons (Fsp3) is 0.261. The summed E-state index contributed by atoms with van der Waals surface area (Å²) in [7, 11) is 0. The van der Waals surface area contributed by atoms with E-state index in [1.165, 1.54) is 6.33 Å². The van der Waals surface area contributed by atoms with Crippen molar-refractivity contribution in [1.29, 1.82) is 0 Å². The minimum Gasteiger partial charge on any atom is -0.439 e. The lowest BCUT2D eigenvalue weighted by molar-refractivity contribution is 0.0674. The van der Waals surface area contributed by atoms with Crippen LogP contribution in [-0.2, 0) is 0 Å². The minimum absolute atomic E-state index is 0.00392. The van der Waals surface area contributed by atoms with Gasteiger partial charge in [-0.2, -0.15) is 0 Å². The third-order valence-electron chi connectivity index (χ3n) is 5.30. The summed E-state index contributed by atoms with van der Waals surface area (Å²) in [5.74, 6) is 1.82. The predicted octanol–water partition coefficient (Wildman–Crippen LogP) is 5.24. The van der Waals surface area contributed by atoms with E-state index in [1.807, 2.05) is 43.0 Å². The maximum absolute atomic E-state index is 13.0. The molecule has 0 unspecified atom stereocenters. The molecule has 1 saturated heterocycles. The lowest BCUT2D eigenvalue weighted by Gasteiger charge is -2.40. The summed E-state index contributed by atoms with van der Waals surface area (Å²) in [4.78, 5) is 25.6. The standard InChI is InChI=1S/C23H22Cl2N4O2/c1-15-11-17(7-8-19(15)24)31-22-12-21(26-14-27-22)28-9-10-29(16(2)13-28)23(30)18-5-3-4-6-20(18)25/h3-8,11-12,14,16H,9-10,13H2,1-2H3/t16-/m1/s1. The monoisotopic (exact) mass is 456 g/mol. The van der Waals surface area contributed by atoms with Crippen LogP contribution in [0.4, 0.5) is 5.82 Å². The smallest absolute Gasteiger partial charge is 0.255 e. The number of aryl methyl sites for hydroxylation is 1. The molecule has 2 heterocycles. The van der Waals surface area contributed by atoms with E-state index in [1.54, 1.807) is 24.3 Å². The number of carbonyl (C=O) groups is 1. The SMILES string of the molecule is Cc1cc(Oc2cc(N3CCN(C(=O)c4ccccc4Cl)[C@H](C)C3)ncn2)ccc1Cl. The molecule has 0 N–H and O–H groups in total. The van der Waals surface area contributed by atoms with Gasteiger partial charge in [0.2, 0.25) is 5.88 Å². The molecule has 6 nitrogen and oxygen atoms in total. The van der Waals surface area contributed by atoms with Gasteiger partial charge in [-0.3, -0.25) is 4.79 Å². The van der Waals surface area contributed by atoms with E-state index in [4.69, 9.17) is 27.9 Å². The molecule has 1 aliphatic heterocycles. The van der Waals surface area contributed by atoms with E-state index >= 15 is 0 Å². The molecule has 31 heavy (non-hydrogen) atoms. The number of ether oxygens (including phenoxy) is 1. The van der Waals surface area contributed by atoms with Crippen LogP contribution in [0.5, 0.6) is 11.6 Å². The van der Waals surface area contributed by atoms with Gasteiger partial charge in [0.25, 0.3) is 5.91 Å². The zero-order chi connectivity index (χ0) is 22.0. The van der Waals surface area contributed by atoms with Gasteiger partial charge in [-0.05, 0) is 49.7 Å². The summed E-state index contributed by atoms with van der Waals surface area (Å²) in [6, 6.07) is 14.4. The molecule has 0 radical (unpaired) electrons. The van der Waals surface area contributed by atoms with Crippen molar-refractivity contribution in [3.8, 4) is 11.6 Å². The van der Waals surface area contributed by atoms with Crippen molar-refractivity contribution >= 4 is 34.9 Å². The first-order valence-electron chi connectivity index (χ1n) is 9.99. The van der Waals surface area contributed by atoms with Gasteiger partial charge in [-0.15, -0.1) is 0 Å². The zero-order valence-electron chi connectivity index (χ0n) is 17.3. The number of benzene rings is 2. The molecule has 0 bridgehead atoms. The van der Waals surface area contributed by atoms with Gasteiger partial charge in [0.15, 0.2) is 0 Å². The molecule has 0 aliphatic carbocycles. The van der Waals surface area contributed by atoms with Crippen molar-refractivity contribution < 1.29 is 9.53 Å². The number of hydrogen-bond donors (Lipinski definition) is 0. The van der Waals surface area contributed by atoms with E-state index in [9.17, 15) is 4.79 Å². The molecule has 0 saturated carbocycles. The number of piperazine rings is 1. The fourth-order valence-corrected chi connectivity index (χ4v) is 3.95. The number of halogens is 2. The molecule has 3 aromatic rings. The average molecular weight is 457 g/mol. The van der Waals surface area contributed by atoms with Crippen molar-refractivity contribution in [2.45, 2.75) is 19.9 Å². The number of rotatable bonds is 4. The molecular formula is C23H22Cl2N4O2. The summed E-state index contributed by atoms with van der Waals surface area (Å²) >= 11 is 12.3. The van der Waals surface area contributed by atoms with E-state index in [0.717, 1.165) is 11.4 Å². The van der Waals surface area contributed by atoms with Crippen LogP contribution in [0.3, 0.4) is 0 Å². The lowest BCUT2D eigenvalue weighted by atomic mass is 10.1. The van der Waals surface area contributed by atoms with Crippen molar-refractivity contribution in [3.05, 3.63) is 76.0 Å². The first kappa shape index (κ1) is 21.4. The van der Waals surface area contributed by atoms with Gasteiger partial charge < -0.3 is 14.5 Å². The normalized spacial score (nSPS) is 16.3. The van der Waals surface area contributed by atoms with E-state index in [-0.39, 0.29) is 11.9 Å². The molecule has 1 aliphatic rings. The van der Waals surface area contributed by atoms with Gasteiger partial charge in [0, 0.05) is 36.8 Å². The number of aromatic nitrogens is 2. The maximum atomic E-state index is 13.0. The van der Waals surface area contributed by atoms with Crippen LogP contribution in [-0.4, -0.2) is 46.5 Å². The van der Waals surface area contributed by atoms with Crippen LogP contribution in [0.2, 0.25) is 10.0 Å². The second kappa shape index (κ2) is 9.12. The lowest BCUT2D eigenvalue weighted by Crippen LogP contribution is -2.54. The number of nitrogens with zero attached hydrogens (tertiary/aromatic N) is 4. The molecule has 1 amide bonds. The van der Waals surface area contributed by atoms with Crippen molar-refractivity contribution in [1.82, 2.24) is 14.9 Å². The van der Waals surface area contributed by atoms with Crippen LogP contribution in [0, 0.1) is 6.92 Å². The Balaban J connectivity index is 1.45. The predicted molar refractivity (Wildman–Crippen MR) is 122 cm³/mol. The molecule has 4 rings (SSSR count). The van der Waals surface area contributed by atoms with Gasteiger partial charge in [0.1, 0.15) is 17.9 Å². The van der Waals surface area contributed by atoms with Gasteiger partial charge in [0.05, 0.1) is 10.6 Å². The molecule has 0 spiro atoms. The zero-order valence-corrected chi connectivity index (χ0v) is 18.8. The summed E-state index contributed by atoms with van der Waals surface area (Å²) in [6.07, 6.45) is 1.49. The largest absolute Gasteiger partial charge is 0.439 e. The molecule has 1 fully saturated rings. The summed E-state index contributed by atoms with van der Waals surface area (Å²) in [6.45, 7) is 5.81. The quantitative estimate of drug-likeness (QED) is 0.537. The first-order chi connectivity index (χ1) is 14.9. The van der Waals surface area contributed by atoms with E-state index in [2.05, 4.69) is 14.9 Å². The fourth-order valence-electron chi connectivity index (χ4n) is 3.62. The maximum Gasteiger partial charge on any atom is 0.255 e. The van der Waals surface area contributed by atoms with Gasteiger partial charge in [-0.25, -0.2) is 9.97 Å². The summed E-state index contributed by atoms with van der Waals surface area (Å²) < 4.78 is 5.89. The molecule has 1 aromatic heterocycles. The average Bonchev–Trinajstić information content (AvgIpc) is 2.76. The van der Waals surface area contributed by atoms with Crippen LogP contribution < -0.4 is 9.64 Å². The highest BCUT2D eigenvalue weighted by Crippen LogP contribution is 2.27. The Hall–Kier alpha value is -2.83. The first-order valence-corrected chi connectivity index (χ1v) is 10.7. The van der Waals surface area contributed by atoms with Crippen molar-refractivity contribution in [2.24, 2.45) is 0 Å². The van der Waals surface area contributed by atoms with Crippen LogP contribution in [0.1, 0.15) is 22.8 Å². The highest BCUT2D eigenvalue weighted by molar-refractivity contribution is 6.33. The highest BCUT2D eigenvalue weighted by atomic mass is 35.5. The highest BCUT2D eigenvalue weighted by Gasteiger charge is 2.29. The second-order valence-electron chi connectivity index (χ2n) is 7.50. The van der Waals surface area contributed by atoms with E-state index < -0.39 is 0 Å².